The zero-order valence-corrected chi connectivity index (χ0v) is 9.16. The third kappa shape index (κ3) is 3.33. The molecule has 1 fully saturated rings. The molecule has 0 spiro atoms. The van der Waals surface area contributed by atoms with Crippen LogP contribution in [0, 0.1) is 0 Å². The summed E-state index contributed by atoms with van der Waals surface area (Å²) in [6.45, 7) is 4.75. The summed E-state index contributed by atoms with van der Waals surface area (Å²) >= 11 is 1.92. The Kier molecular flexibility index (Phi) is 4.40. The van der Waals surface area contributed by atoms with E-state index in [9.17, 15) is 0 Å². The smallest absolute Gasteiger partial charge is 0.0209 e. The molecule has 3 heteroatoms. The van der Waals surface area contributed by atoms with Gasteiger partial charge >= 0.3 is 0 Å². The Morgan fingerprint density at radius 3 is 2.92 bits per heavy atom. The quantitative estimate of drug-likeness (QED) is 0.709. The van der Waals surface area contributed by atoms with Gasteiger partial charge < -0.3 is 10.2 Å². The van der Waals surface area contributed by atoms with Crippen LogP contribution in [0.15, 0.2) is 0 Å². The van der Waals surface area contributed by atoms with Crippen LogP contribution in [0.5, 0.6) is 0 Å². The molecule has 0 bridgehead atoms. The van der Waals surface area contributed by atoms with Gasteiger partial charge in [0.05, 0.1) is 0 Å². The van der Waals surface area contributed by atoms with Gasteiger partial charge in [-0.05, 0) is 33.2 Å². The lowest BCUT2D eigenvalue weighted by atomic mass is 10.2. The molecule has 0 radical (unpaired) electrons. The van der Waals surface area contributed by atoms with Gasteiger partial charge in [-0.3, -0.25) is 0 Å². The van der Waals surface area contributed by atoms with E-state index in [-0.39, 0.29) is 0 Å². The van der Waals surface area contributed by atoms with Crippen molar-refractivity contribution in [3.8, 4) is 0 Å². The third-order valence-electron chi connectivity index (χ3n) is 2.33. The zero-order chi connectivity index (χ0) is 8.97. The van der Waals surface area contributed by atoms with Gasteiger partial charge in [-0.15, -0.1) is 0 Å². The molecule has 0 aromatic carbocycles. The first-order valence-corrected chi connectivity index (χ1v) is 6.05. The van der Waals surface area contributed by atoms with E-state index < -0.39 is 0 Å². The van der Waals surface area contributed by atoms with E-state index in [1.54, 1.807) is 0 Å². The summed E-state index contributed by atoms with van der Waals surface area (Å²) < 4.78 is 0. The molecule has 1 aliphatic heterocycles. The second kappa shape index (κ2) is 5.10. The van der Waals surface area contributed by atoms with Crippen LogP contribution in [0.1, 0.15) is 13.3 Å². The van der Waals surface area contributed by atoms with Gasteiger partial charge in [0.15, 0.2) is 0 Å². The largest absolute Gasteiger partial charge is 0.309 e. The van der Waals surface area contributed by atoms with Crippen molar-refractivity contribution in [3.63, 3.8) is 0 Å². The Labute approximate surface area is 80.1 Å². The molecule has 0 amide bonds. The Morgan fingerprint density at radius 1 is 1.67 bits per heavy atom. The predicted octanol–water partition coefficient (Wildman–Crippen LogP) is 1.03. The highest BCUT2D eigenvalue weighted by atomic mass is 32.2. The minimum absolute atomic E-state index is 0.663. The minimum atomic E-state index is 0.663. The minimum Gasteiger partial charge on any atom is -0.309 e. The van der Waals surface area contributed by atoms with E-state index in [1.807, 2.05) is 11.8 Å². The number of likely N-dealkylation sites (tertiary alicyclic amines) is 1. The molecule has 1 saturated heterocycles. The van der Waals surface area contributed by atoms with E-state index in [0.717, 1.165) is 6.04 Å². The lowest BCUT2D eigenvalue weighted by Gasteiger charge is -2.18. The van der Waals surface area contributed by atoms with Crippen LogP contribution in [0.3, 0.4) is 0 Å². The molecule has 1 rings (SSSR count). The normalized spacial score (nSPS) is 27.8. The number of nitrogens with zero attached hydrogens (tertiary/aromatic N) is 1. The van der Waals surface area contributed by atoms with Gasteiger partial charge in [0.1, 0.15) is 0 Å². The van der Waals surface area contributed by atoms with E-state index >= 15 is 0 Å². The molecule has 72 valence electrons. The van der Waals surface area contributed by atoms with Crippen LogP contribution < -0.4 is 5.32 Å². The molecule has 12 heavy (non-hydrogen) atoms. The van der Waals surface area contributed by atoms with E-state index in [2.05, 4.69) is 30.4 Å². The molecule has 1 aliphatic rings. The molecule has 2 unspecified atom stereocenters. The van der Waals surface area contributed by atoms with E-state index in [1.165, 1.54) is 25.3 Å². The number of hydrogen-bond acceptors (Lipinski definition) is 3. The van der Waals surface area contributed by atoms with Crippen LogP contribution in [-0.2, 0) is 0 Å². The predicted molar refractivity (Wildman–Crippen MR) is 56.9 cm³/mol. The average Bonchev–Trinajstić information content (AvgIpc) is 2.36. The van der Waals surface area contributed by atoms with Crippen LogP contribution in [0.25, 0.3) is 0 Å². The van der Waals surface area contributed by atoms with Crippen molar-refractivity contribution in [2.45, 2.75) is 25.4 Å². The lowest BCUT2D eigenvalue weighted by Crippen LogP contribution is -2.39. The van der Waals surface area contributed by atoms with Crippen molar-refractivity contribution >= 4 is 11.8 Å². The summed E-state index contributed by atoms with van der Waals surface area (Å²) in [4.78, 5) is 2.39. The SMILES string of the molecule is CSCC(C)NC1CCN(C)C1. The van der Waals surface area contributed by atoms with Crippen LogP contribution in [0.4, 0.5) is 0 Å². The van der Waals surface area contributed by atoms with Gasteiger partial charge in [0.25, 0.3) is 0 Å². The molecule has 0 aromatic rings. The van der Waals surface area contributed by atoms with Crippen molar-refractivity contribution < 1.29 is 0 Å². The molecule has 2 nitrogen and oxygen atoms in total. The summed E-state index contributed by atoms with van der Waals surface area (Å²) in [5.74, 6) is 1.22. The summed E-state index contributed by atoms with van der Waals surface area (Å²) in [5, 5.41) is 3.65. The second-order valence-electron chi connectivity index (χ2n) is 3.77. The number of likely N-dealkylation sites (N-methyl/N-ethyl adjacent to an activating group) is 1. The summed E-state index contributed by atoms with van der Waals surface area (Å²) in [7, 11) is 2.20. The number of rotatable bonds is 4. The Balaban J connectivity index is 2.14. The van der Waals surface area contributed by atoms with E-state index in [4.69, 9.17) is 0 Å². The lowest BCUT2D eigenvalue weighted by molar-refractivity contribution is 0.390. The molecule has 0 saturated carbocycles. The highest BCUT2D eigenvalue weighted by Crippen LogP contribution is 2.08. The van der Waals surface area contributed by atoms with Crippen molar-refractivity contribution in [1.29, 1.82) is 0 Å². The van der Waals surface area contributed by atoms with Gasteiger partial charge in [-0.2, -0.15) is 11.8 Å². The molecular formula is C9H20N2S. The first-order valence-electron chi connectivity index (χ1n) is 4.66. The molecule has 2 atom stereocenters. The third-order valence-corrected chi connectivity index (χ3v) is 3.16. The molecule has 1 N–H and O–H groups in total. The molecular weight excluding hydrogens is 168 g/mol. The highest BCUT2D eigenvalue weighted by Gasteiger charge is 2.19. The van der Waals surface area contributed by atoms with Crippen molar-refractivity contribution in [3.05, 3.63) is 0 Å². The average molecular weight is 188 g/mol. The zero-order valence-electron chi connectivity index (χ0n) is 8.34. The fourth-order valence-electron chi connectivity index (χ4n) is 1.77. The molecule has 0 aromatic heterocycles. The van der Waals surface area contributed by atoms with Crippen molar-refractivity contribution in [2.24, 2.45) is 0 Å². The fraction of sp³-hybridized carbons (Fsp3) is 1.00. The topological polar surface area (TPSA) is 15.3 Å². The van der Waals surface area contributed by atoms with Gasteiger partial charge in [-0.25, -0.2) is 0 Å². The van der Waals surface area contributed by atoms with Gasteiger partial charge in [0.2, 0.25) is 0 Å². The maximum atomic E-state index is 3.65. The molecule has 1 heterocycles. The first kappa shape index (κ1) is 10.4. The Hall–Kier alpha value is 0.270. The highest BCUT2D eigenvalue weighted by molar-refractivity contribution is 7.98. The van der Waals surface area contributed by atoms with Crippen LogP contribution in [0.2, 0.25) is 0 Å². The fourth-order valence-corrected chi connectivity index (χ4v) is 2.37. The maximum Gasteiger partial charge on any atom is 0.0209 e. The number of nitrogens with one attached hydrogen (secondary N) is 1. The van der Waals surface area contributed by atoms with Crippen molar-refractivity contribution in [1.82, 2.24) is 10.2 Å². The molecule has 0 aliphatic carbocycles. The summed E-state index contributed by atoms with van der Waals surface area (Å²) in [6.07, 6.45) is 3.48. The number of thioether (sulfide) groups is 1. The van der Waals surface area contributed by atoms with Crippen molar-refractivity contribution in [2.75, 3.05) is 32.1 Å². The van der Waals surface area contributed by atoms with Crippen LogP contribution >= 0.6 is 11.8 Å². The van der Waals surface area contributed by atoms with Crippen LogP contribution in [-0.4, -0.2) is 49.1 Å². The van der Waals surface area contributed by atoms with Gasteiger partial charge in [0, 0.05) is 24.4 Å². The van der Waals surface area contributed by atoms with Gasteiger partial charge in [-0.1, -0.05) is 0 Å². The summed E-state index contributed by atoms with van der Waals surface area (Å²) in [6, 6.07) is 1.40. The van der Waals surface area contributed by atoms with E-state index in [0.29, 0.717) is 6.04 Å². The Morgan fingerprint density at radius 2 is 2.42 bits per heavy atom. The Bertz CT molecular complexity index is 130. The number of hydrogen-bond donors (Lipinski definition) is 1. The first-order chi connectivity index (χ1) is 5.72. The second-order valence-corrected chi connectivity index (χ2v) is 4.68. The standard InChI is InChI=1S/C9H20N2S/c1-8(7-12-3)10-9-4-5-11(2)6-9/h8-10H,4-7H2,1-3H3. The summed E-state index contributed by atoms with van der Waals surface area (Å²) in [5.41, 5.74) is 0. The maximum absolute atomic E-state index is 3.65. The monoisotopic (exact) mass is 188 g/mol.